The smallest absolute Gasteiger partial charge is 0.230 e. The zero-order valence-electron chi connectivity index (χ0n) is 16.2. The average Bonchev–Trinajstić information content (AvgIpc) is 3.11. The van der Waals surface area contributed by atoms with Gasteiger partial charge in [-0.15, -0.1) is 10.2 Å². The lowest BCUT2D eigenvalue weighted by Crippen LogP contribution is -2.53. The van der Waals surface area contributed by atoms with Crippen LogP contribution in [0.3, 0.4) is 0 Å². The number of nitrogens with zero attached hydrogens (tertiary/aromatic N) is 4. The van der Waals surface area contributed by atoms with Crippen molar-refractivity contribution < 1.29 is 9.21 Å². The van der Waals surface area contributed by atoms with Crippen LogP contribution in [0, 0.1) is 12.3 Å². The number of aryl methyl sites for hydroxylation is 1. The summed E-state index contributed by atoms with van der Waals surface area (Å²) in [7, 11) is 0. The maximum Gasteiger partial charge on any atom is 0.230 e. The van der Waals surface area contributed by atoms with E-state index in [1.165, 1.54) is 0 Å². The molecule has 144 valence electrons. The number of hydrogen-bond acceptors (Lipinski definition) is 5. The Morgan fingerprint density at radius 2 is 1.93 bits per heavy atom. The minimum absolute atomic E-state index is 0.00922. The van der Waals surface area contributed by atoms with E-state index in [2.05, 4.69) is 39.1 Å². The molecule has 0 saturated carbocycles. The van der Waals surface area contributed by atoms with E-state index in [9.17, 15) is 4.79 Å². The largest absolute Gasteiger partial charge is 0.424 e. The van der Waals surface area contributed by atoms with Gasteiger partial charge >= 0.3 is 0 Å². The van der Waals surface area contributed by atoms with Crippen LogP contribution in [-0.2, 0) is 11.3 Å². The minimum Gasteiger partial charge on any atom is -0.424 e. The average molecular weight is 368 g/mol. The first-order valence-corrected chi connectivity index (χ1v) is 9.94. The van der Waals surface area contributed by atoms with Gasteiger partial charge in [0.2, 0.25) is 17.7 Å². The highest BCUT2D eigenvalue weighted by molar-refractivity contribution is 5.84. The van der Waals surface area contributed by atoms with Gasteiger partial charge < -0.3 is 9.32 Å². The summed E-state index contributed by atoms with van der Waals surface area (Å²) in [6.07, 6.45) is 3.17. The Labute approximate surface area is 160 Å². The van der Waals surface area contributed by atoms with Crippen molar-refractivity contribution in [2.45, 2.75) is 45.6 Å². The van der Waals surface area contributed by atoms with Gasteiger partial charge in [-0.2, -0.15) is 0 Å². The number of amides is 1. The number of benzene rings is 1. The molecule has 2 aliphatic rings. The highest BCUT2D eigenvalue weighted by Crippen LogP contribution is 2.45. The van der Waals surface area contributed by atoms with Gasteiger partial charge in [0.15, 0.2) is 0 Å². The molecule has 6 heteroatoms. The molecule has 3 heterocycles. The van der Waals surface area contributed by atoms with Crippen LogP contribution in [0.4, 0.5) is 0 Å². The third-order valence-electron chi connectivity index (χ3n) is 6.20. The van der Waals surface area contributed by atoms with Crippen molar-refractivity contribution in [1.29, 1.82) is 0 Å². The van der Waals surface area contributed by atoms with Crippen molar-refractivity contribution in [2.24, 2.45) is 5.41 Å². The van der Waals surface area contributed by atoms with Crippen LogP contribution in [0.5, 0.6) is 0 Å². The monoisotopic (exact) mass is 368 g/mol. The Hall–Kier alpha value is -2.21. The summed E-state index contributed by atoms with van der Waals surface area (Å²) in [6.45, 7) is 8.32. The van der Waals surface area contributed by atoms with Crippen LogP contribution >= 0.6 is 0 Å². The Balaban J connectivity index is 1.47. The quantitative estimate of drug-likeness (QED) is 0.830. The summed E-state index contributed by atoms with van der Waals surface area (Å²) in [6, 6.07) is 10.3. The fourth-order valence-corrected chi connectivity index (χ4v) is 4.64. The summed E-state index contributed by atoms with van der Waals surface area (Å²) < 4.78 is 5.53. The van der Waals surface area contributed by atoms with Gasteiger partial charge in [0, 0.05) is 20.0 Å². The Kier molecular flexibility index (Phi) is 5.00. The van der Waals surface area contributed by atoms with Gasteiger partial charge in [-0.05, 0) is 50.3 Å². The van der Waals surface area contributed by atoms with Crippen LogP contribution in [0.25, 0.3) is 0 Å². The molecule has 1 atom stereocenters. The van der Waals surface area contributed by atoms with Crippen LogP contribution in [0.2, 0.25) is 0 Å². The molecule has 0 unspecified atom stereocenters. The maximum atomic E-state index is 13.0. The summed E-state index contributed by atoms with van der Waals surface area (Å²) in [4.78, 5) is 17.4. The first kappa shape index (κ1) is 18.2. The van der Waals surface area contributed by atoms with Crippen LogP contribution in [0.15, 0.2) is 34.7 Å². The lowest BCUT2D eigenvalue weighted by atomic mass is 9.67. The Bertz CT molecular complexity index is 780. The number of piperidine rings is 2. The van der Waals surface area contributed by atoms with Crippen molar-refractivity contribution in [2.75, 3.05) is 26.2 Å². The molecular formula is C21H28N4O2. The molecule has 2 saturated heterocycles. The predicted molar refractivity (Wildman–Crippen MR) is 102 cm³/mol. The number of likely N-dealkylation sites (tertiary alicyclic amines) is 2. The number of rotatable bonds is 4. The normalized spacial score (nSPS) is 23.1. The van der Waals surface area contributed by atoms with Crippen LogP contribution in [0.1, 0.15) is 49.4 Å². The maximum absolute atomic E-state index is 13.0. The molecule has 1 amide bonds. The molecule has 0 bridgehead atoms. The summed E-state index contributed by atoms with van der Waals surface area (Å²) in [5, 5.41) is 8.04. The van der Waals surface area contributed by atoms with Crippen molar-refractivity contribution in [3.63, 3.8) is 0 Å². The van der Waals surface area contributed by atoms with Crippen LogP contribution in [-0.4, -0.2) is 52.1 Å². The van der Waals surface area contributed by atoms with Crippen LogP contribution < -0.4 is 0 Å². The molecule has 6 nitrogen and oxygen atoms in total. The van der Waals surface area contributed by atoms with E-state index in [1.807, 2.05) is 25.1 Å². The number of likely N-dealkylation sites (N-methyl/N-ethyl adjacent to an activating group) is 1. The summed E-state index contributed by atoms with van der Waals surface area (Å²) >= 11 is 0. The second-order valence-corrected chi connectivity index (χ2v) is 8.01. The van der Waals surface area contributed by atoms with Gasteiger partial charge in [-0.1, -0.05) is 30.3 Å². The van der Waals surface area contributed by atoms with E-state index in [0.717, 1.165) is 57.5 Å². The molecule has 0 aliphatic carbocycles. The molecule has 4 rings (SSSR count). The zero-order chi connectivity index (χ0) is 18.9. The number of carbonyl (C=O) groups is 1. The molecule has 2 aromatic rings. The second kappa shape index (κ2) is 7.43. The highest BCUT2D eigenvalue weighted by Gasteiger charge is 2.45. The van der Waals surface area contributed by atoms with Crippen molar-refractivity contribution in [3.05, 3.63) is 47.7 Å². The van der Waals surface area contributed by atoms with E-state index in [4.69, 9.17) is 4.42 Å². The molecule has 0 N–H and O–H groups in total. The molecule has 2 fully saturated rings. The third-order valence-corrected chi connectivity index (χ3v) is 6.20. The van der Waals surface area contributed by atoms with Gasteiger partial charge in [0.05, 0.1) is 12.5 Å². The van der Waals surface area contributed by atoms with Gasteiger partial charge in [0.25, 0.3) is 0 Å². The Morgan fingerprint density at radius 1 is 1.19 bits per heavy atom. The molecular weight excluding hydrogens is 340 g/mol. The van der Waals surface area contributed by atoms with E-state index in [-0.39, 0.29) is 17.2 Å². The van der Waals surface area contributed by atoms with Gasteiger partial charge in [0.1, 0.15) is 0 Å². The topological polar surface area (TPSA) is 62.5 Å². The number of carbonyl (C=O) groups excluding carboxylic acids is 1. The predicted octanol–water partition coefficient (Wildman–Crippen LogP) is 3.00. The highest BCUT2D eigenvalue weighted by atomic mass is 16.4. The lowest BCUT2D eigenvalue weighted by Gasteiger charge is -2.49. The lowest BCUT2D eigenvalue weighted by molar-refractivity contribution is -0.141. The molecule has 1 aromatic heterocycles. The Morgan fingerprint density at radius 3 is 2.56 bits per heavy atom. The van der Waals surface area contributed by atoms with Gasteiger partial charge in [-0.3, -0.25) is 9.69 Å². The molecule has 27 heavy (non-hydrogen) atoms. The first-order valence-electron chi connectivity index (χ1n) is 9.94. The van der Waals surface area contributed by atoms with Crippen molar-refractivity contribution >= 4 is 5.91 Å². The number of hydrogen-bond donors (Lipinski definition) is 0. The van der Waals surface area contributed by atoms with E-state index in [0.29, 0.717) is 11.8 Å². The van der Waals surface area contributed by atoms with Crippen molar-refractivity contribution in [3.8, 4) is 0 Å². The zero-order valence-corrected chi connectivity index (χ0v) is 16.2. The fraction of sp³-hybridized carbons (Fsp3) is 0.571. The van der Waals surface area contributed by atoms with E-state index in [1.54, 1.807) is 0 Å². The first-order chi connectivity index (χ1) is 13.1. The summed E-state index contributed by atoms with van der Waals surface area (Å²) in [5.41, 5.74) is 1.37. The molecule has 1 aromatic carbocycles. The van der Waals surface area contributed by atoms with Gasteiger partial charge in [-0.25, -0.2) is 0 Å². The standard InChI is InChI=1S/C21H28N4O2/c1-3-25-15-21(13-18(20(25)26)17-7-5-4-6-8-17)9-11-24(12-10-21)14-19-23-22-16(2)27-19/h4-8,18H,3,9-15H2,1-2H3/t18-/m0/s1. The van der Waals surface area contributed by atoms with E-state index < -0.39 is 0 Å². The minimum atomic E-state index is -0.00922. The second-order valence-electron chi connectivity index (χ2n) is 8.01. The third kappa shape index (κ3) is 3.76. The number of aromatic nitrogens is 2. The molecule has 1 spiro atoms. The fourth-order valence-electron chi connectivity index (χ4n) is 4.64. The van der Waals surface area contributed by atoms with E-state index >= 15 is 0 Å². The molecule has 2 aliphatic heterocycles. The summed E-state index contributed by atoms with van der Waals surface area (Å²) in [5.74, 6) is 1.59. The molecule has 0 radical (unpaired) electrons. The SMILES string of the molecule is CCN1CC2(CCN(Cc3nnc(C)o3)CC2)C[C@@H](c2ccccc2)C1=O. The van der Waals surface area contributed by atoms with Crippen molar-refractivity contribution in [1.82, 2.24) is 20.0 Å².